The van der Waals surface area contributed by atoms with Crippen LogP contribution in [0, 0.1) is 11.3 Å². The van der Waals surface area contributed by atoms with Crippen LogP contribution in [0.1, 0.15) is 13.8 Å². The van der Waals surface area contributed by atoms with Crippen LogP contribution in [-0.2, 0) is 0 Å². The molecular weight excluding hydrogens is 158 g/mol. The molecule has 0 rings (SSSR count). The molecular formula is C9H10ClN. The Bertz CT molecular complexity index is 253. The fourth-order valence-electron chi connectivity index (χ4n) is 0.424. The SMILES string of the molecule is C=C(C#N)/C(Cl)=C\C(C)=C/C. The zero-order valence-corrected chi connectivity index (χ0v) is 7.44. The van der Waals surface area contributed by atoms with Crippen molar-refractivity contribution in [2.45, 2.75) is 13.8 Å². The molecule has 0 saturated carbocycles. The summed E-state index contributed by atoms with van der Waals surface area (Å²) in [6.45, 7) is 7.29. The summed E-state index contributed by atoms with van der Waals surface area (Å²) < 4.78 is 0. The van der Waals surface area contributed by atoms with E-state index in [1.54, 1.807) is 6.08 Å². The number of nitriles is 1. The van der Waals surface area contributed by atoms with Gasteiger partial charge in [0.05, 0.1) is 10.6 Å². The summed E-state index contributed by atoms with van der Waals surface area (Å²) in [6, 6.07) is 1.87. The van der Waals surface area contributed by atoms with Gasteiger partial charge in [0.15, 0.2) is 0 Å². The number of hydrogen-bond donors (Lipinski definition) is 0. The monoisotopic (exact) mass is 167 g/mol. The van der Waals surface area contributed by atoms with Crippen LogP contribution < -0.4 is 0 Å². The van der Waals surface area contributed by atoms with Crippen LogP contribution >= 0.6 is 11.6 Å². The highest BCUT2D eigenvalue weighted by molar-refractivity contribution is 6.32. The van der Waals surface area contributed by atoms with Crippen molar-refractivity contribution >= 4 is 11.6 Å². The van der Waals surface area contributed by atoms with E-state index in [2.05, 4.69) is 6.58 Å². The molecule has 0 spiro atoms. The average Bonchev–Trinajstić information content (AvgIpc) is 2.02. The summed E-state index contributed by atoms with van der Waals surface area (Å²) in [5.41, 5.74) is 1.32. The molecule has 0 fully saturated rings. The van der Waals surface area contributed by atoms with E-state index in [0.29, 0.717) is 10.6 Å². The minimum atomic E-state index is 0.299. The zero-order valence-electron chi connectivity index (χ0n) is 6.69. The molecule has 0 radical (unpaired) electrons. The quantitative estimate of drug-likeness (QED) is 0.458. The van der Waals surface area contributed by atoms with E-state index in [0.717, 1.165) is 5.57 Å². The van der Waals surface area contributed by atoms with Gasteiger partial charge in [-0.25, -0.2) is 0 Å². The van der Waals surface area contributed by atoms with Gasteiger partial charge in [-0.05, 0) is 19.9 Å². The van der Waals surface area contributed by atoms with Gasteiger partial charge in [0.1, 0.15) is 6.07 Å². The third-order valence-electron chi connectivity index (χ3n) is 1.23. The maximum Gasteiger partial charge on any atom is 0.100 e. The highest BCUT2D eigenvalue weighted by Crippen LogP contribution is 2.14. The molecule has 0 heterocycles. The van der Waals surface area contributed by atoms with Crippen molar-refractivity contribution in [3.05, 3.63) is 34.9 Å². The lowest BCUT2D eigenvalue weighted by atomic mass is 10.2. The third kappa shape index (κ3) is 3.64. The topological polar surface area (TPSA) is 23.8 Å². The first-order valence-corrected chi connectivity index (χ1v) is 3.59. The second-order valence-electron chi connectivity index (χ2n) is 2.12. The van der Waals surface area contributed by atoms with Crippen LogP contribution in [0.15, 0.2) is 34.9 Å². The van der Waals surface area contributed by atoms with Crippen LogP contribution in [0.3, 0.4) is 0 Å². The van der Waals surface area contributed by atoms with Crippen molar-refractivity contribution in [1.29, 1.82) is 5.26 Å². The number of hydrogen-bond acceptors (Lipinski definition) is 1. The molecule has 0 aromatic heterocycles. The Balaban J connectivity index is 4.50. The predicted octanol–water partition coefficient (Wildman–Crippen LogP) is 3.16. The average molecular weight is 168 g/mol. The molecule has 1 nitrogen and oxygen atoms in total. The normalized spacial score (nSPS) is 12.5. The summed E-state index contributed by atoms with van der Waals surface area (Å²) in [6.07, 6.45) is 3.63. The molecule has 0 amide bonds. The lowest BCUT2D eigenvalue weighted by Crippen LogP contribution is -1.76. The van der Waals surface area contributed by atoms with Gasteiger partial charge >= 0.3 is 0 Å². The Morgan fingerprint density at radius 1 is 1.64 bits per heavy atom. The fraction of sp³-hybridized carbons (Fsp3) is 0.222. The van der Waals surface area contributed by atoms with Crippen LogP contribution in [0.2, 0.25) is 0 Å². The standard InChI is InChI=1S/C9H10ClN/c1-4-7(2)5-9(10)8(3)6-11/h4-5H,3H2,1-2H3/b7-4-,9-5+. The van der Waals surface area contributed by atoms with Crippen molar-refractivity contribution in [2.75, 3.05) is 0 Å². The van der Waals surface area contributed by atoms with Gasteiger partial charge in [-0.2, -0.15) is 5.26 Å². The van der Waals surface area contributed by atoms with Crippen molar-refractivity contribution in [1.82, 2.24) is 0 Å². The Kier molecular flexibility index (Phi) is 4.33. The highest BCUT2D eigenvalue weighted by atomic mass is 35.5. The summed E-state index contributed by atoms with van der Waals surface area (Å²) in [5.74, 6) is 0. The van der Waals surface area contributed by atoms with Gasteiger partial charge in [-0.15, -0.1) is 0 Å². The van der Waals surface area contributed by atoms with Gasteiger partial charge < -0.3 is 0 Å². The summed E-state index contributed by atoms with van der Waals surface area (Å²) >= 11 is 5.70. The van der Waals surface area contributed by atoms with Gasteiger partial charge in [-0.3, -0.25) is 0 Å². The number of halogens is 1. The van der Waals surface area contributed by atoms with Crippen molar-refractivity contribution < 1.29 is 0 Å². The molecule has 2 heteroatoms. The van der Waals surface area contributed by atoms with Gasteiger partial charge in [-0.1, -0.05) is 29.8 Å². The number of nitrogens with zero attached hydrogens (tertiary/aromatic N) is 1. The van der Waals surface area contributed by atoms with Crippen LogP contribution in [-0.4, -0.2) is 0 Å². The van der Waals surface area contributed by atoms with E-state index in [-0.39, 0.29) is 0 Å². The molecule has 0 aliphatic rings. The summed E-state index contributed by atoms with van der Waals surface area (Å²) in [5, 5.41) is 8.80. The molecule has 11 heavy (non-hydrogen) atoms. The fourth-order valence-corrected chi connectivity index (χ4v) is 0.638. The van der Waals surface area contributed by atoms with Crippen molar-refractivity contribution in [3.8, 4) is 6.07 Å². The molecule has 0 aromatic carbocycles. The van der Waals surface area contributed by atoms with Gasteiger partial charge in [0.2, 0.25) is 0 Å². The molecule has 0 unspecified atom stereocenters. The molecule has 0 aromatic rings. The number of allylic oxidation sites excluding steroid dienone is 5. The first kappa shape index (κ1) is 10.0. The molecule has 0 aliphatic heterocycles. The van der Waals surface area contributed by atoms with Gasteiger partial charge in [0, 0.05) is 0 Å². The molecule has 0 N–H and O–H groups in total. The minimum Gasteiger partial charge on any atom is -0.192 e. The first-order chi connectivity index (χ1) is 5.11. The van der Waals surface area contributed by atoms with E-state index in [9.17, 15) is 0 Å². The Labute approximate surface area is 72.3 Å². The van der Waals surface area contributed by atoms with E-state index in [4.69, 9.17) is 16.9 Å². The van der Waals surface area contributed by atoms with Crippen LogP contribution in [0.25, 0.3) is 0 Å². The Morgan fingerprint density at radius 2 is 2.18 bits per heavy atom. The maximum absolute atomic E-state index is 8.40. The van der Waals surface area contributed by atoms with E-state index in [1.807, 2.05) is 26.0 Å². The molecule has 0 saturated heterocycles. The van der Waals surface area contributed by atoms with Crippen LogP contribution in [0.5, 0.6) is 0 Å². The lowest BCUT2D eigenvalue weighted by molar-refractivity contribution is 1.45. The summed E-state index contributed by atoms with van der Waals surface area (Å²) in [7, 11) is 0. The second kappa shape index (κ2) is 4.76. The summed E-state index contributed by atoms with van der Waals surface area (Å²) in [4.78, 5) is 0. The van der Waals surface area contributed by atoms with E-state index < -0.39 is 0 Å². The van der Waals surface area contributed by atoms with E-state index >= 15 is 0 Å². The maximum atomic E-state index is 8.40. The van der Waals surface area contributed by atoms with Gasteiger partial charge in [0.25, 0.3) is 0 Å². The molecule has 0 bridgehead atoms. The van der Waals surface area contributed by atoms with Crippen molar-refractivity contribution in [3.63, 3.8) is 0 Å². The zero-order chi connectivity index (χ0) is 8.85. The largest absolute Gasteiger partial charge is 0.192 e. The predicted molar refractivity (Wildman–Crippen MR) is 48.1 cm³/mol. The molecule has 0 atom stereocenters. The number of rotatable bonds is 2. The second-order valence-corrected chi connectivity index (χ2v) is 2.52. The lowest BCUT2D eigenvalue weighted by Gasteiger charge is -1.93. The van der Waals surface area contributed by atoms with Crippen LogP contribution in [0.4, 0.5) is 0 Å². The minimum absolute atomic E-state index is 0.299. The molecule has 58 valence electrons. The molecule has 0 aliphatic carbocycles. The van der Waals surface area contributed by atoms with Crippen molar-refractivity contribution in [2.24, 2.45) is 0 Å². The van der Waals surface area contributed by atoms with E-state index in [1.165, 1.54) is 0 Å². The smallest absolute Gasteiger partial charge is 0.100 e. The Morgan fingerprint density at radius 3 is 2.55 bits per heavy atom. The third-order valence-corrected chi connectivity index (χ3v) is 1.57. The Hall–Kier alpha value is -1.00. The first-order valence-electron chi connectivity index (χ1n) is 3.21. The highest BCUT2D eigenvalue weighted by Gasteiger charge is 1.95.